The maximum atomic E-state index is 12.0. The van der Waals surface area contributed by atoms with Crippen LogP contribution in [0.1, 0.15) is 23.7 Å². The van der Waals surface area contributed by atoms with E-state index >= 15 is 0 Å². The molecule has 20 heavy (non-hydrogen) atoms. The van der Waals surface area contributed by atoms with Crippen molar-refractivity contribution in [2.45, 2.75) is 23.1 Å². The summed E-state index contributed by atoms with van der Waals surface area (Å²) in [7, 11) is 0. The third kappa shape index (κ3) is 2.51. The van der Waals surface area contributed by atoms with Gasteiger partial charge in [-0.3, -0.25) is 4.79 Å². The van der Waals surface area contributed by atoms with Gasteiger partial charge in [-0.1, -0.05) is 30.8 Å². The molecule has 4 heteroatoms. The number of benzene rings is 2. The number of rotatable bonds is 3. The number of amides is 1. The smallest absolute Gasteiger partial charge is 0.251 e. The highest BCUT2D eigenvalue weighted by molar-refractivity contribution is 7.99. The monoisotopic (exact) mass is 284 g/mol. The Morgan fingerprint density at radius 3 is 2.80 bits per heavy atom. The van der Waals surface area contributed by atoms with Gasteiger partial charge in [0.05, 0.1) is 11.4 Å². The van der Waals surface area contributed by atoms with E-state index in [1.807, 2.05) is 37.3 Å². The van der Waals surface area contributed by atoms with Gasteiger partial charge in [0, 0.05) is 21.9 Å². The number of hydrogen-bond donors (Lipinski definition) is 2. The lowest BCUT2D eigenvalue weighted by Crippen LogP contribution is -2.24. The van der Waals surface area contributed by atoms with E-state index in [1.54, 1.807) is 11.8 Å². The molecule has 1 aliphatic rings. The summed E-state index contributed by atoms with van der Waals surface area (Å²) in [5, 5.41) is 6.29. The normalized spacial score (nSPS) is 12.1. The molecule has 0 radical (unpaired) electrons. The molecule has 0 aliphatic carbocycles. The zero-order valence-corrected chi connectivity index (χ0v) is 12.1. The van der Waals surface area contributed by atoms with Gasteiger partial charge in [0.2, 0.25) is 0 Å². The van der Waals surface area contributed by atoms with E-state index in [2.05, 4.69) is 22.8 Å². The van der Waals surface area contributed by atoms with Gasteiger partial charge in [-0.25, -0.2) is 0 Å². The fourth-order valence-corrected chi connectivity index (χ4v) is 3.09. The second-order valence-corrected chi connectivity index (χ2v) is 5.77. The molecule has 0 aromatic heterocycles. The van der Waals surface area contributed by atoms with Crippen LogP contribution in [0.25, 0.3) is 0 Å². The summed E-state index contributed by atoms with van der Waals surface area (Å²) in [6.45, 7) is 2.75. The lowest BCUT2D eigenvalue weighted by Gasteiger charge is -2.21. The molecule has 2 aromatic carbocycles. The van der Waals surface area contributed by atoms with Crippen molar-refractivity contribution in [3.8, 4) is 0 Å². The van der Waals surface area contributed by atoms with Gasteiger partial charge in [0.1, 0.15) is 0 Å². The van der Waals surface area contributed by atoms with Crippen molar-refractivity contribution in [2.24, 2.45) is 0 Å². The van der Waals surface area contributed by atoms with E-state index < -0.39 is 0 Å². The summed E-state index contributed by atoms with van der Waals surface area (Å²) < 4.78 is 0. The van der Waals surface area contributed by atoms with Crippen LogP contribution >= 0.6 is 11.8 Å². The zero-order chi connectivity index (χ0) is 13.9. The average Bonchev–Trinajstić information content (AvgIpc) is 2.50. The van der Waals surface area contributed by atoms with Crippen LogP contribution < -0.4 is 10.6 Å². The highest BCUT2D eigenvalue weighted by Crippen LogP contribution is 2.44. The van der Waals surface area contributed by atoms with Crippen LogP contribution in [0.2, 0.25) is 0 Å². The van der Waals surface area contributed by atoms with Crippen LogP contribution in [-0.2, 0) is 0 Å². The summed E-state index contributed by atoms with van der Waals surface area (Å²) in [6.07, 6.45) is 0.943. The summed E-state index contributed by atoms with van der Waals surface area (Å²) in [5.74, 6) is -0.0136. The third-order valence-corrected chi connectivity index (χ3v) is 4.31. The zero-order valence-electron chi connectivity index (χ0n) is 11.3. The molecule has 3 nitrogen and oxygen atoms in total. The highest BCUT2D eigenvalue weighted by Gasteiger charge is 2.16. The summed E-state index contributed by atoms with van der Waals surface area (Å²) in [5.41, 5.74) is 2.79. The molecule has 0 bridgehead atoms. The minimum Gasteiger partial charge on any atom is -0.354 e. The highest BCUT2D eigenvalue weighted by atomic mass is 32.2. The maximum absolute atomic E-state index is 12.0. The first-order valence-electron chi connectivity index (χ1n) is 6.74. The summed E-state index contributed by atoms with van der Waals surface area (Å²) >= 11 is 1.73. The number of anilines is 2. The molecular weight excluding hydrogens is 268 g/mol. The molecule has 1 aliphatic heterocycles. The first-order valence-corrected chi connectivity index (χ1v) is 7.55. The lowest BCUT2D eigenvalue weighted by atomic mass is 10.1. The van der Waals surface area contributed by atoms with Gasteiger partial charge < -0.3 is 10.6 Å². The van der Waals surface area contributed by atoms with Crippen LogP contribution in [0, 0.1) is 0 Å². The van der Waals surface area contributed by atoms with Crippen LogP contribution in [0.4, 0.5) is 11.4 Å². The number of para-hydroxylation sites is 1. The summed E-state index contributed by atoms with van der Waals surface area (Å²) in [4.78, 5) is 14.3. The quantitative estimate of drug-likeness (QED) is 0.763. The van der Waals surface area contributed by atoms with E-state index in [1.165, 1.54) is 4.90 Å². The van der Waals surface area contributed by atoms with Gasteiger partial charge in [-0.05, 0) is 36.8 Å². The van der Waals surface area contributed by atoms with Crippen molar-refractivity contribution in [3.05, 3.63) is 48.0 Å². The molecule has 0 fully saturated rings. The van der Waals surface area contributed by atoms with Gasteiger partial charge in [-0.2, -0.15) is 0 Å². The third-order valence-electron chi connectivity index (χ3n) is 3.15. The molecule has 0 spiro atoms. The van der Waals surface area contributed by atoms with Gasteiger partial charge in [0.25, 0.3) is 5.91 Å². The van der Waals surface area contributed by atoms with Crippen molar-refractivity contribution in [3.63, 3.8) is 0 Å². The van der Waals surface area contributed by atoms with Crippen LogP contribution in [-0.4, -0.2) is 12.5 Å². The fraction of sp³-hybridized carbons (Fsp3) is 0.188. The van der Waals surface area contributed by atoms with Crippen molar-refractivity contribution in [2.75, 3.05) is 11.9 Å². The predicted molar refractivity (Wildman–Crippen MR) is 82.9 cm³/mol. The SMILES string of the molecule is CCCNC(=O)c1ccc2c(c1)Nc1ccccc1S2. The van der Waals surface area contributed by atoms with E-state index in [-0.39, 0.29) is 5.91 Å². The topological polar surface area (TPSA) is 41.1 Å². The van der Waals surface area contributed by atoms with Crippen molar-refractivity contribution >= 4 is 29.0 Å². The second-order valence-electron chi connectivity index (χ2n) is 4.69. The summed E-state index contributed by atoms with van der Waals surface area (Å²) in [6, 6.07) is 14.0. The molecule has 2 aromatic rings. The van der Waals surface area contributed by atoms with Crippen LogP contribution in [0.5, 0.6) is 0 Å². The molecule has 0 saturated carbocycles. The molecule has 102 valence electrons. The number of hydrogen-bond acceptors (Lipinski definition) is 3. The second kappa shape index (κ2) is 5.59. The molecule has 0 unspecified atom stereocenters. The Labute approximate surface area is 122 Å². The average molecular weight is 284 g/mol. The van der Waals surface area contributed by atoms with Crippen LogP contribution in [0.15, 0.2) is 52.3 Å². The molecular formula is C16H16N2OS. The van der Waals surface area contributed by atoms with Gasteiger partial charge >= 0.3 is 0 Å². The minimum absolute atomic E-state index is 0.0136. The van der Waals surface area contributed by atoms with Crippen molar-refractivity contribution in [1.82, 2.24) is 5.32 Å². The number of carbonyl (C=O) groups is 1. The largest absolute Gasteiger partial charge is 0.354 e. The molecule has 2 N–H and O–H groups in total. The maximum Gasteiger partial charge on any atom is 0.251 e. The Kier molecular flexibility index (Phi) is 3.65. The lowest BCUT2D eigenvalue weighted by molar-refractivity contribution is 0.0953. The Bertz CT molecular complexity index is 655. The number of nitrogens with one attached hydrogen (secondary N) is 2. The number of carbonyl (C=O) groups excluding carboxylic acids is 1. The molecule has 3 rings (SSSR count). The number of fused-ring (bicyclic) bond motifs is 2. The molecule has 1 heterocycles. The standard InChI is InChI=1S/C16H16N2OS/c1-2-9-17-16(19)11-7-8-15-13(10-11)18-12-5-3-4-6-14(12)20-15/h3-8,10,18H,2,9H2,1H3,(H,17,19). The van der Waals surface area contributed by atoms with Crippen LogP contribution in [0.3, 0.4) is 0 Å². The molecule has 0 saturated heterocycles. The fourth-order valence-electron chi connectivity index (χ4n) is 2.12. The van der Waals surface area contributed by atoms with E-state index in [4.69, 9.17) is 0 Å². The minimum atomic E-state index is -0.0136. The van der Waals surface area contributed by atoms with Gasteiger partial charge in [0.15, 0.2) is 0 Å². The first-order chi connectivity index (χ1) is 9.78. The Morgan fingerprint density at radius 1 is 1.15 bits per heavy atom. The van der Waals surface area contributed by atoms with Crippen molar-refractivity contribution < 1.29 is 4.79 Å². The van der Waals surface area contributed by atoms with Gasteiger partial charge in [-0.15, -0.1) is 0 Å². The first kappa shape index (κ1) is 13.1. The van der Waals surface area contributed by atoms with E-state index in [9.17, 15) is 4.79 Å². The Hall–Kier alpha value is -1.94. The Morgan fingerprint density at radius 2 is 1.95 bits per heavy atom. The molecule has 0 atom stereocenters. The van der Waals surface area contributed by atoms with E-state index in [0.29, 0.717) is 12.1 Å². The predicted octanol–water partition coefficient (Wildman–Crippen LogP) is 4.03. The molecule has 1 amide bonds. The Balaban J connectivity index is 1.86. The van der Waals surface area contributed by atoms with Crippen molar-refractivity contribution in [1.29, 1.82) is 0 Å². The van der Waals surface area contributed by atoms with E-state index in [0.717, 1.165) is 22.7 Å².